The van der Waals surface area contributed by atoms with Crippen molar-refractivity contribution in [1.29, 1.82) is 0 Å². The minimum Gasteiger partial charge on any atom is -0.387 e. The SMILES string of the molecule is CNc1ccccc1C(=O)Nc1cc(F)c(F)cc1F. The number of amides is 1. The molecule has 0 aliphatic rings. The van der Waals surface area contributed by atoms with Crippen molar-refractivity contribution in [2.24, 2.45) is 0 Å². The highest BCUT2D eigenvalue weighted by molar-refractivity contribution is 6.08. The van der Waals surface area contributed by atoms with Crippen molar-refractivity contribution in [3.05, 3.63) is 59.4 Å². The zero-order valence-electron chi connectivity index (χ0n) is 10.5. The lowest BCUT2D eigenvalue weighted by Gasteiger charge is -2.10. The van der Waals surface area contributed by atoms with Crippen LogP contribution in [0.25, 0.3) is 0 Å². The first-order valence-corrected chi connectivity index (χ1v) is 5.75. The van der Waals surface area contributed by atoms with Crippen LogP contribution in [0.1, 0.15) is 10.4 Å². The van der Waals surface area contributed by atoms with Crippen LogP contribution in [0.2, 0.25) is 0 Å². The number of halogens is 3. The van der Waals surface area contributed by atoms with Crippen LogP contribution in [0.4, 0.5) is 24.5 Å². The van der Waals surface area contributed by atoms with Crippen molar-refractivity contribution in [3.8, 4) is 0 Å². The molecule has 0 saturated carbocycles. The molecule has 0 aliphatic carbocycles. The number of anilines is 2. The van der Waals surface area contributed by atoms with E-state index < -0.39 is 29.0 Å². The second-order valence-corrected chi connectivity index (χ2v) is 4.00. The first-order valence-electron chi connectivity index (χ1n) is 5.75. The Morgan fingerprint density at radius 3 is 2.30 bits per heavy atom. The Morgan fingerprint density at radius 2 is 1.60 bits per heavy atom. The van der Waals surface area contributed by atoms with E-state index in [1.165, 1.54) is 6.07 Å². The number of carbonyl (C=O) groups is 1. The molecule has 6 heteroatoms. The summed E-state index contributed by atoms with van der Waals surface area (Å²) in [6, 6.07) is 7.53. The summed E-state index contributed by atoms with van der Waals surface area (Å²) in [6.45, 7) is 0. The van der Waals surface area contributed by atoms with Gasteiger partial charge in [0.25, 0.3) is 5.91 Å². The molecule has 0 fully saturated rings. The number of rotatable bonds is 3. The largest absolute Gasteiger partial charge is 0.387 e. The minimum atomic E-state index is -1.31. The Balaban J connectivity index is 2.30. The summed E-state index contributed by atoms with van der Waals surface area (Å²) >= 11 is 0. The van der Waals surface area contributed by atoms with Gasteiger partial charge in [-0.3, -0.25) is 4.79 Å². The second kappa shape index (κ2) is 5.64. The first-order chi connectivity index (χ1) is 9.52. The molecular formula is C14H11F3N2O. The molecule has 104 valence electrons. The summed E-state index contributed by atoms with van der Waals surface area (Å²) in [5, 5.41) is 5.02. The molecular weight excluding hydrogens is 269 g/mol. The van der Waals surface area contributed by atoms with E-state index >= 15 is 0 Å². The van der Waals surface area contributed by atoms with Crippen molar-refractivity contribution in [2.75, 3.05) is 17.7 Å². The average molecular weight is 280 g/mol. The molecule has 0 heterocycles. The van der Waals surface area contributed by atoms with Gasteiger partial charge in [-0.25, -0.2) is 13.2 Å². The highest BCUT2D eigenvalue weighted by Crippen LogP contribution is 2.21. The van der Waals surface area contributed by atoms with Gasteiger partial charge in [0.15, 0.2) is 11.6 Å². The van der Waals surface area contributed by atoms with Gasteiger partial charge in [-0.15, -0.1) is 0 Å². The number of nitrogens with one attached hydrogen (secondary N) is 2. The van der Waals surface area contributed by atoms with Crippen molar-refractivity contribution < 1.29 is 18.0 Å². The van der Waals surface area contributed by atoms with Crippen LogP contribution in [0.3, 0.4) is 0 Å². The third kappa shape index (κ3) is 2.74. The maximum absolute atomic E-state index is 13.5. The molecule has 1 amide bonds. The number of carbonyl (C=O) groups excluding carboxylic acids is 1. The highest BCUT2D eigenvalue weighted by atomic mass is 19.2. The fourth-order valence-corrected chi connectivity index (χ4v) is 1.71. The van der Waals surface area contributed by atoms with Crippen LogP contribution in [0, 0.1) is 17.5 Å². The monoisotopic (exact) mass is 280 g/mol. The van der Waals surface area contributed by atoms with Gasteiger partial charge in [0.1, 0.15) is 5.82 Å². The van der Waals surface area contributed by atoms with Gasteiger partial charge >= 0.3 is 0 Å². The van der Waals surface area contributed by atoms with E-state index in [4.69, 9.17) is 0 Å². The molecule has 3 nitrogen and oxygen atoms in total. The van der Waals surface area contributed by atoms with Gasteiger partial charge in [-0.1, -0.05) is 12.1 Å². The molecule has 0 aromatic heterocycles. The van der Waals surface area contributed by atoms with E-state index in [0.29, 0.717) is 17.8 Å². The molecule has 0 saturated heterocycles. The van der Waals surface area contributed by atoms with Gasteiger partial charge < -0.3 is 10.6 Å². The molecule has 0 spiro atoms. The topological polar surface area (TPSA) is 41.1 Å². The number of para-hydroxylation sites is 1. The molecule has 2 aromatic rings. The van der Waals surface area contributed by atoms with E-state index in [0.717, 1.165) is 0 Å². The van der Waals surface area contributed by atoms with E-state index in [-0.39, 0.29) is 5.56 Å². The molecule has 0 aliphatic heterocycles. The summed E-state index contributed by atoms with van der Waals surface area (Å²) in [5.41, 5.74) is 0.381. The zero-order chi connectivity index (χ0) is 14.7. The molecule has 20 heavy (non-hydrogen) atoms. The van der Waals surface area contributed by atoms with Crippen LogP contribution in [0.5, 0.6) is 0 Å². The Kier molecular flexibility index (Phi) is 3.93. The van der Waals surface area contributed by atoms with E-state index in [1.807, 2.05) is 0 Å². The Hall–Kier alpha value is -2.50. The molecule has 0 radical (unpaired) electrons. The van der Waals surface area contributed by atoms with E-state index in [1.54, 1.807) is 25.2 Å². The van der Waals surface area contributed by atoms with Crippen molar-refractivity contribution in [1.82, 2.24) is 0 Å². The standard InChI is InChI=1S/C14H11F3N2O/c1-18-12-5-3-2-4-8(12)14(20)19-13-7-10(16)9(15)6-11(13)17/h2-7,18H,1H3,(H,19,20). The third-order valence-corrected chi connectivity index (χ3v) is 2.70. The molecule has 2 N–H and O–H groups in total. The zero-order valence-corrected chi connectivity index (χ0v) is 10.5. The van der Waals surface area contributed by atoms with Crippen molar-refractivity contribution in [3.63, 3.8) is 0 Å². The van der Waals surface area contributed by atoms with Crippen molar-refractivity contribution >= 4 is 17.3 Å². The maximum atomic E-state index is 13.5. The van der Waals surface area contributed by atoms with Gasteiger partial charge in [0.2, 0.25) is 0 Å². The van der Waals surface area contributed by atoms with E-state index in [2.05, 4.69) is 10.6 Å². The fraction of sp³-hybridized carbons (Fsp3) is 0.0714. The number of hydrogen-bond acceptors (Lipinski definition) is 2. The van der Waals surface area contributed by atoms with Gasteiger partial charge in [0.05, 0.1) is 11.3 Å². The van der Waals surface area contributed by atoms with Crippen LogP contribution < -0.4 is 10.6 Å². The molecule has 2 aromatic carbocycles. The van der Waals surface area contributed by atoms with E-state index in [9.17, 15) is 18.0 Å². The molecule has 0 atom stereocenters. The van der Waals surface area contributed by atoms with Gasteiger partial charge in [-0.2, -0.15) is 0 Å². The average Bonchev–Trinajstić information content (AvgIpc) is 2.44. The Bertz CT molecular complexity index is 659. The highest BCUT2D eigenvalue weighted by Gasteiger charge is 2.15. The van der Waals surface area contributed by atoms with Gasteiger partial charge in [0, 0.05) is 24.9 Å². The Labute approximate surface area is 113 Å². The van der Waals surface area contributed by atoms with Crippen molar-refractivity contribution in [2.45, 2.75) is 0 Å². The van der Waals surface area contributed by atoms with Crippen LogP contribution in [-0.4, -0.2) is 13.0 Å². The summed E-state index contributed by atoms with van der Waals surface area (Å²) in [6.07, 6.45) is 0. The lowest BCUT2D eigenvalue weighted by atomic mass is 10.1. The quantitative estimate of drug-likeness (QED) is 0.846. The first kappa shape index (κ1) is 13.9. The molecule has 0 bridgehead atoms. The smallest absolute Gasteiger partial charge is 0.257 e. The van der Waals surface area contributed by atoms with Crippen LogP contribution in [-0.2, 0) is 0 Å². The Morgan fingerprint density at radius 1 is 0.950 bits per heavy atom. The third-order valence-electron chi connectivity index (χ3n) is 2.70. The predicted molar refractivity (Wildman–Crippen MR) is 70.3 cm³/mol. The maximum Gasteiger partial charge on any atom is 0.257 e. The predicted octanol–water partition coefficient (Wildman–Crippen LogP) is 3.40. The summed E-state index contributed by atoms with van der Waals surface area (Å²) in [5.74, 6) is -4.21. The number of hydrogen-bond donors (Lipinski definition) is 2. The lowest BCUT2D eigenvalue weighted by Crippen LogP contribution is -2.15. The summed E-state index contributed by atoms with van der Waals surface area (Å²) in [4.78, 5) is 12.0. The minimum absolute atomic E-state index is 0.263. The normalized spacial score (nSPS) is 10.2. The molecule has 2 rings (SSSR count). The second-order valence-electron chi connectivity index (χ2n) is 4.00. The summed E-state index contributed by atoms with van der Waals surface area (Å²) < 4.78 is 39.3. The number of benzene rings is 2. The molecule has 0 unspecified atom stereocenters. The lowest BCUT2D eigenvalue weighted by molar-refractivity contribution is 0.102. The van der Waals surface area contributed by atoms with Crippen LogP contribution in [0.15, 0.2) is 36.4 Å². The van der Waals surface area contributed by atoms with Crippen LogP contribution >= 0.6 is 0 Å². The fourth-order valence-electron chi connectivity index (χ4n) is 1.71. The van der Waals surface area contributed by atoms with Gasteiger partial charge in [-0.05, 0) is 12.1 Å². The summed E-state index contributed by atoms with van der Waals surface area (Å²) in [7, 11) is 1.63.